The maximum absolute atomic E-state index is 10.7. The molecule has 1 aliphatic rings. The van der Waals surface area contributed by atoms with Crippen molar-refractivity contribution in [2.45, 2.75) is 32.6 Å². The fraction of sp³-hybridized carbons (Fsp3) is 0.455. The van der Waals surface area contributed by atoms with Gasteiger partial charge in [-0.15, -0.1) is 0 Å². The minimum absolute atomic E-state index is 0.269. The average molecular weight is 191 g/mol. The van der Waals surface area contributed by atoms with Crippen LogP contribution in [0.4, 0.5) is 5.69 Å². The maximum Gasteiger partial charge on any atom is 0.272 e. The molecule has 0 saturated carbocycles. The summed E-state index contributed by atoms with van der Waals surface area (Å²) in [6, 6.07) is 3.73. The molecule has 3 heteroatoms. The van der Waals surface area contributed by atoms with Gasteiger partial charge in [-0.25, -0.2) is 0 Å². The van der Waals surface area contributed by atoms with E-state index in [0.29, 0.717) is 0 Å². The van der Waals surface area contributed by atoms with E-state index in [1.165, 1.54) is 17.5 Å². The molecular formula is C11H13NO2. The number of nitro benzene ring substituents is 1. The number of rotatable bonds is 1. The molecule has 0 spiro atoms. The molecule has 0 amide bonds. The highest BCUT2D eigenvalue weighted by atomic mass is 16.6. The van der Waals surface area contributed by atoms with E-state index in [1.807, 2.05) is 13.0 Å². The standard InChI is InChI=1S/C11H13NO2/c1-8-6-9-4-2-3-5-10(9)7-11(8)12(13)14/h6-7H,2-5H2,1H3. The van der Waals surface area contributed by atoms with Crippen LogP contribution in [0.5, 0.6) is 0 Å². The van der Waals surface area contributed by atoms with Gasteiger partial charge in [0.2, 0.25) is 0 Å². The Morgan fingerprint density at radius 1 is 1.21 bits per heavy atom. The van der Waals surface area contributed by atoms with Gasteiger partial charge >= 0.3 is 0 Å². The molecule has 1 aromatic carbocycles. The molecule has 0 unspecified atom stereocenters. The highest BCUT2D eigenvalue weighted by Gasteiger charge is 2.16. The largest absolute Gasteiger partial charge is 0.272 e. The molecule has 1 aromatic rings. The summed E-state index contributed by atoms with van der Waals surface area (Å²) in [6.07, 6.45) is 4.45. The van der Waals surface area contributed by atoms with Crippen LogP contribution in [0.1, 0.15) is 29.5 Å². The van der Waals surface area contributed by atoms with Crippen LogP contribution in [0, 0.1) is 17.0 Å². The Hall–Kier alpha value is -1.38. The van der Waals surface area contributed by atoms with E-state index in [9.17, 15) is 10.1 Å². The van der Waals surface area contributed by atoms with E-state index < -0.39 is 0 Å². The normalized spacial score (nSPS) is 14.9. The van der Waals surface area contributed by atoms with Crippen molar-refractivity contribution in [3.05, 3.63) is 38.9 Å². The van der Waals surface area contributed by atoms with Crippen LogP contribution in [-0.2, 0) is 12.8 Å². The Balaban J connectivity index is 2.50. The van der Waals surface area contributed by atoms with E-state index in [2.05, 4.69) is 0 Å². The van der Waals surface area contributed by atoms with Gasteiger partial charge in [0.25, 0.3) is 5.69 Å². The van der Waals surface area contributed by atoms with Crippen LogP contribution in [0.3, 0.4) is 0 Å². The number of hydrogen-bond acceptors (Lipinski definition) is 2. The predicted molar refractivity (Wildman–Crippen MR) is 54.5 cm³/mol. The zero-order valence-corrected chi connectivity index (χ0v) is 8.25. The summed E-state index contributed by atoms with van der Waals surface area (Å²) < 4.78 is 0. The summed E-state index contributed by atoms with van der Waals surface area (Å²) in [5.74, 6) is 0. The molecule has 0 radical (unpaired) electrons. The van der Waals surface area contributed by atoms with Crippen LogP contribution in [0.15, 0.2) is 12.1 Å². The molecule has 0 saturated heterocycles. The van der Waals surface area contributed by atoms with Crippen LogP contribution in [-0.4, -0.2) is 4.92 Å². The molecule has 0 fully saturated rings. The molecule has 14 heavy (non-hydrogen) atoms. The molecule has 0 aliphatic heterocycles. The van der Waals surface area contributed by atoms with Gasteiger partial charge < -0.3 is 0 Å². The molecule has 1 aliphatic carbocycles. The summed E-state index contributed by atoms with van der Waals surface area (Å²) in [7, 11) is 0. The molecule has 2 rings (SSSR count). The maximum atomic E-state index is 10.7. The SMILES string of the molecule is Cc1cc2c(cc1[N+](=O)[O-])CCCC2. The molecule has 0 atom stereocenters. The molecule has 0 aromatic heterocycles. The smallest absolute Gasteiger partial charge is 0.258 e. The van der Waals surface area contributed by atoms with Crippen molar-refractivity contribution >= 4 is 5.69 Å². The van der Waals surface area contributed by atoms with Gasteiger partial charge in [-0.1, -0.05) is 0 Å². The Morgan fingerprint density at radius 2 is 1.79 bits per heavy atom. The van der Waals surface area contributed by atoms with Gasteiger partial charge in [-0.05, 0) is 49.8 Å². The zero-order chi connectivity index (χ0) is 10.1. The third-order valence-electron chi connectivity index (χ3n) is 2.86. The topological polar surface area (TPSA) is 43.1 Å². The van der Waals surface area contributed by atoms with E-state index in [1.54, 1.807) is 6.07 Å². The van der Waals surface area contributed by atoms with Crippen LogP contribution in [0.2, 0.25) is 0 Å². The first kappa shape index (κ1) is 9.19. The van der Waals surface area contributed by atoms with Crippen molar-refractivity contribution in [2.75, 3.05) is 0 Å². The number of hydrogen-bond donors (Lipinski definition) is 0. The number of fused-ring (bicyclic) bond motifs is 1. The van der Waals surface area contributed by atoms with Gasteiger partial charge in [0, 0.05) is 11.6 Å². The zero-order valence-electron chi connectivity index (χ0n) is 8.25. The third-order valence-corrected chi connectivity index (χ3v) is 2.86. The molecule has 0 heterocycles. The lowest BCUT2D eigenvalue weighted by molar-refractivity contribution is -0.385. The summed E-state index contributed by atoms with van der Waals surface area (Å²) in [5, 5.41) is 10.7. The summed E-state index contributed by atoms with van der Waals surface area (Å²) in [6.45, 7) is 1.81. The average Bonchev–Trinajstić information content (AvgIpc) is 2.16. The second-order valence-corrected chi connectivity index (χ2v) is 3.87. The molecule has 74 valence electrons. The second kappa shape index (κ2) is 3.40. The Morgan fingerprint density at radius 3 is 2.36 bits per heavy atom. The first-order chi connectivity index (χ1) is 6.68. The number of benzene rings is 1. The molecule has 3 nitrogen and oxygen atoms in total. The van der Waals surface area contributed by atoms with Gasteiger partial charge in [0.15, 0.2) is 0 Å². The lowest BCUT2D eigenvalue weighted by Gasteiger charge is -2.15. The fourth-order valence-corrected chi connectivity index (χ4v) is 2.09. The first-order valence-corrected chi connectivity index (χ1v) is 4.95. The summed E-state index contributed by atoms with van der Waals surface area (Å²) >= 11 is 0. The van der Waals surface area contributed by atoms with Crippen molar-refractivity contribution in [3.63, 3.8) is 0 Å². The van der Waals surface area contributed by atoms with Gasteiger partial charge in [-0.2, -0.15) is 0 Å². The number of aryl methyl sites for hydroxylation is 3. The Kier molecular flexibility index (Phi) is 2.23. The predicted octanol–water partition coefficient (Wildman–Crippen LogP) is 2.78. The van der Waals surface area contributed by atoms with Crippen molar-refractivity contribution in [2.24, 2.45) is 0 Å². The fourth-order valence-electron chi connectivity index (χ4n) is 2.09. The van der Waals surface area contributed by atoms with Crippen molar-refractivity contribution in [1.82, 2.24) is 0 Å². The highest BCUT2D eigenvalue weighted by molar-refractivity contribution is 5.47. The Labute approximate surface area is 82.9 Å². The van der Waals surface area contributed by atoms with Crippen molar-refractivity contribution in [1.29, 1.82) is 0 Å². The van der Waals surface area contributed by atoms with Crippen molar-refractivity contribution < 1.29 is 4.92 Å². The molecular weight excluding hydrogens is 178 g/mol. The molecule has 0 N–H and O–H groups in total. The van der Waals surface area contributed by atoms with Gasteiger partial charge in [0.05, 0.1) is 4.92 Å². The van der Waals surface area contributed by atoms with E-state index in [0.717, 1.165) is 24.8 Å². The number of nitro groups is 1. The van der Waals surface area contributed by atoms with Gasteiger partial charge in [-0.3, -0.25) is 10.1 Å². The Bertz CT molecular complexity index is 385. The summed E-state index contributed by atoms with van der Waals surface area (Å²) in [4.78, 5) is 10.4. The number of nitrogens with zero attached hydrogens (tertiary/aromatic N) is 1. The lowest BCUT2D eigenvalue weighted by Crippen LogP contribution is -2.04. The third kappa shape index (κ3) is 1.50. The van der Waals surface area contributed by atoms with Crippen LogP contribution < -0.4 is 0 Å². The quantitative estimate of drug-likeness (QED) is 0.506. The van der Waals surface area contributed by atoms with Crippen molar-refractivity contribution in [3.8, 4) is 0 Å². The van der Waals surface area contributed by atoms with Gasteiger partial charge in [0.1, 0.15) is 0 Å². The molecule has 0 bridgehead atoms. The minimum Gasteiger partial charge on any atom is -0.258 e. The monoisotopic (exact) mass is 191 g/mol. The highest BCUT2D eigenvalue weighted by Crippen LogP contribution is 2.28. The van der Waals surface area contributed by atoms with E-state index in [4.69, 9.17) is 0 Å². The van der Waals surface area contributed by atoms with E-state index in [-0.39, 0.29) is 10.6 Å². The van der Waals surface area contributed by atoms with Crippen LogP contribution in [0.25, 0.3) is 0 Å². The summed E-state index contributed by atoms with van der Waals surface area (Å²) in [5.41, 5.74) is 3.54. The first-order valence-electron chi connectivity index (χ1n) is 4.95. The minimum atomic E-state index is -0.287. The van der Waals surface area contributed by atoms with Crippen LogP contribution >= 0.6 is 0 Å². The van der Waals surface area contributed by atoms with E-state index >= 15 is 0 Å². The lowest BCUT2D eigenvalue weighted by atomic mass is 9.90. The second-order valence-electron chi connectivity index (χ2n) is 3.87.